The minimum Gasteiger partial charge on any atom is -0.338 e. The summed E-state index contributed by atoms with van der Waals surface area (Å²) in [6.45, 7) is 1.05. The molecule has 178 valence electrons. The molecule has 1 aromatic carbocycles. The third-order valence-corrected chi connectivity index (χ3v) is 7.46. The summed E-state index contributed by atoms with van der Waals surface area (Å²) in [4.78, 5) is 34.1. The molecule has 8 nitrogen and oxygen atoms in total. The Balaban J connectivity index is 1.42. The van der Waals surface area contributed by atoms with E-state index in [0.717, 1.165) is 12.8 Å². The van der Waals surface area contributed by atoms with Gasteiger partial charge in [-0.3, -0.25) is 9.59 Å². The summed E-state index contributed by atoms with van der Waals surface area (Å²) in [6, 6.07) is 8.63. The van der Waals surface area contributed by atoms with Gasteiger partial charge in [-0.1, -0.05) is 38.2 Å². The fourth-order valence-corrected chi connectivity index (χ4v) is 5.45. The summed E-state index contributed by atoms with van der Waals surface area (Å²) < 4.78 is 0. The standard InChI is InChI=1S/C24H28N6O2S2/c25-15-18-7-4-8-19(13-18)27-24(33)29-10-11-30(21(31)16-29)20(14-17-5-2-1-3-6-17)22(32)28-23-26-9-12-34-23/h4,7-9,12-13,17,20H,1-3,5-6,10-11,14,16H2,(H,27,33)(H,26,28,32). The number of nitrogens with one attached hydrogen (secondary N) is 2. The molecule has 10 heteroatoms. The van der Waals surface area contributed by atoms with Crippen LogP contribution >= 0.6 is 23.6 Å². The maximum atomic E-state index is 13.2. The van der Waals surface area contributed by atoms with E-state index in [0.29, 0.717) is 46.9 Å². The van der Waals surface area contributed by atoms with Gasteiger partial charge >= 0.3 is 0 Å². The Hall–Kier alpha value is -3.03. The van der Waals surface area contributed by atoms with Crippen molar-refractivity contribution in [3.63, 3.8) is 0 Å². The van der Waals surface area contributed by atoms with Crippen LogP contribution in [0.4, 0.5) is 10.8 Å². The second-order valence-electron chi connectivity index (χ2n) is 8.71. The highest BCUT2D eigenvalue weighted by molar-refractivity contribution is 7.80. The van der Waals surface area contributed by atoms with Crippen molar-refractivity contribution in [1.29, 1.82) is 5.26 Å². The molecule has 1 saturated heterocycles. The number of thiazole rings is 1. The second-order valence-corrected chi connectivity index (χ2v) is 9.99. The Morgan fingerprint density at radius 3 is 2.79 bits per heavy atom. The fraction of sp³-hybridized carbons (Fsp3) is 0.458. The molecule has 0 bridgehead atoms. The van der Waals surface area contributed by atoms with Gasteiger partial charge in [0.05, 0.1) is 18.2 Å². The highest BCUT2D eigenvalue weighted by Crippen LogP contribution is 2.30. The van der Waals surface area contributed by atoms with Crippen molar-refractivity contribution in [1.82, 2.24) is 14.8 Å². The molecule has 0 spiro atoms. The largest absolute Gasteiger partial charge is 0.338 e. The smallest absolute Gasteiger partial charge is 0.248 e. The van der Waals surface area contributed by atoms with Crippen molar-refractivity contribution in [2.75, 3.05) is 30.3 Å². The zero-order valence-corrected chi connectivity index (χ0v) is 20.5. The molecular weight excluding hydrogens is 468 g/mol. The zero-order chi connectivity index (χ0) is 23.9. The van der Waals surface area contributed by atoms with Crippen molar-refractivity contribution in [3.05, 3.63) is 41.4 Å². The number of nitriles is 1. The molecule has 1 aliphatic heterocycles. The van der Waals surface area contributed by atoms with Crippen LogP contribution in [0.1, 0.15) is 44.1 Å². The number of hydrogen-bond donors (Lipinski definition) is 2. The normalized spacial score (nSPS) is 17.7. The number of hydrogen-bond acceptors (Lipinski definition) is 6. The van der Waals surface area contributed by atoms with Gasteiger partial charge < -0.3 is 20.4 Å². The van der Waals surface area contributed by atoms with Gasteiger partial charge in [0.15, 0.2) is 10.2 Å². The molecule has 2 aliphatic rings. The molecule has 1 aromatic heterocycles. The number of anilines is 2. The quantitative estimate of drug-likeness (QED) is 0.586. The molecular formula is C24H28N6O2S2. The molecule has 34 heavy (non-hydrogen) atoms. The van der Waals surface area contributed by atoms with Crippen molar-refractivity contribution in [2.45, 2.75) is 44.6 Å². The van der Waals surface area contributed by atoms with E-state index in [2.05, 4.69) is 21.7 Å². The van der Waals surface area contributed by atoms with Crippen molar-refractivity contribution in [3.8, 4) is 6.07 Å². The third-order valence-electron chi connectivity index (χ3n) is 6.41. The molecule has 2 amide bonds. The van der Waals surface area contributed by atoms with Crippen molar-refractivity contribution < 1.29 is 9.59 Å². The predicted octanol–water partition coefficient (Wildman–Crippen LogP) is 3.83. The van der Waals surface area contributed by atoms with E-state index in [4.69, 9.17) is 17.5 Å². The van der Waals surface area contributed by atoms with Gasteiger partial charge in [0.1, 0.15) is 6.04 Å². The van der Waals surface area contributed by atoms with Gasteiger partial charge in [0.2, 0.25) is 11.8 Å². The van der Waals surface area contributed by atoms with E-state index in [1.807, 2.05) is 16.3 Å². The molecule has 1 atom stereocenters. The van der Waals surface area contributed by atoms with E-state index in [-0.39, 0.29) is 18.4 Å². The number of amides is 2. The molecule has 0 radical (unpaired) electrons. The first kappa shape index (κ1) is 24.1. The number of piperazine rings is 1. The van der Waals surface area contributed by atoms with E-state index in [9.17, 15) is 9.59 Å². The molecule has 1 saturated carbocycles. The Morgan fingerprint density at radius 1 is 1.26 bits per heavy atom. The maximum absolute atomic E-state index is 13.2. The van der Waals surface area contributed by atoms with Gasteiger partial charge in [-0.25, -0.2) is 4.98 Å². The van der Waals surface area contributed by atoms with Crippen LogP contribution in [0.15, 0.2) is 35.8 Å². The van der Waals surface area contributed by atoms with Gasteiger partial charge in [-0.2, -0.15) is 5.26 Å². The van der Waals surface area contributed by atoms with E-state index in [1.54, 1.807) is 29.3 Å². The van der Waals surface area contributed by atoms with E-state index in [1.165, 1.54) is 30.6 Å². The monoisotopic (exact) mass is 496 g/mol. The SMILES string of the molecule is N#Cc1cccc(NC(=S)N2CCN(C(CC3CCCCC3)C(=O)Nc3nccs3)C(=O)C2)c1. The molecule has 2 heterocycles. The summed E-state index contributed by atoms with van der Waals surface area (Å²) >= 11 is 6.90. The van der Waals surface area contributed by atoms with Crippen LogP contribution in [0.3, 0.4) is 0 Å². The van der Waals surface area contributed by atoms with Crippen LogP contribution < -0.4 is 10.6 Å². The first-order chi connectivity index (χ1) is 16.5. The number of nitrogens with zero attached hydrogens (tertiary/aromatic N) is 4. The third kappa shape index (κ3) is 6.10. The van der Waals surface area contributed by atoms with Crippen LogP contribution in [-0.2, 0) is 9.59 Å². The van der Waals surface area contributed by atoms with Crippen molar-refractivity contribution in [2.24, 2.45) is 5.92 Å². The van der Waals surface area contributed by atoms with Gasteiger partial charge in [0.25, 0.3) is 0 Å². The lowest BCUT2D eigenvalue weighted by atomic mass is 9.84. The summed E-state index contributed by atoms with van der Waals surface area (Å²) in [5.41, 5.74) is 1.24. The summed E-state index contributed by atoms with van der Waals surface area (Å²) in [5.74, 6) is 0.161. The first-order valence-corrected chi connectivity index (χ1v) is 12.9. The number of carbonyl (C=O) groups excluding carboxylic acids is 2. The molecule has 2 aromatic rings. The zero-order valence-electron chi connectivity index (χ0n) is 18.9. The minimum absolute atomic E-state index is 0.107. The van der Waals surface area contributed by atoms with Gasteiger partial charge in [-0.15, -0.1) is 11.3 Å². The summed E-state index contributed by atoms with van der Waals surface area (Å²) in [5, 5.41) is 17.9. The number of carbonyl (C=O) groups is 2. The summed E-state index contributed by atoms with van der Waals surface area (Å²) in [6.07, 6.45) is 8.13. The topological polar surface area (TPSA) is 101 Å². The van der Waals surface area contributed by atoms with Crippen LogP contribution in [0.5, 0.6) is 0 Å². The minimum atomic E-state index is -0.518. The molecule has 1 unspecified atom stereocenters. The first-order valence-electron chi connectivity index (χ1n) is 11.6. The lowest BCUT2D eigenvalue weighted by Gasteiger charge is -2.40. The van der Waals surface area contributed by atoms with Crippen LogP contribution in [0, 0.1) is 17.2 Å². The fourth-order valence-electron chi connectivity index (χ4n) is 4.65. The van der Waals surface area contributed by atoms with E-state index < -0.39 is 6.04 Å². The Bertz CT molecular complexity index is 1060. The van der Waals surface area contributed by atoms with Crippen LogP contribution in [-0.4, -0.2) is 57.4 Å². The average molecular weight is 497 g/mol. The molecule has 1 aliphatic carbocycles. The lowest BCUT2D eigenvalue weighted by molar-refractivity contribution is -0.142. The second kappa shape index (κ2) is 11.4. The highest BCUT2D eigenvalue weighted by Gasteiger charge is 2.36. The molecule has 2 N–H and O–H groups in total. The Morgan fingerprint density at radius 2 is 2.09 bits per heavy atom. The molecule has 4 rings (SSSR count). The summed E-state index contributed by atoms with van der Waals surface area (Å²) in [7, 11) is 0. The average Bonchev–Trinajstić information content (AvgIpc) is 3.36. The lowest BCUT2D eigenvalue weighted by Crippen LogP contribution is -2.59. The number of thiocarbonyl (C=S) groups is 1. The van der Waals surface area contributed by atoms with Gasteiger partial charge in [0, 0.05) is 30.4 Å². The number of aromatic nitrogens is 1. The van der Waals surface area contributed by atoms with Gasteiger partial charge in [-0.05, 0) is 42.8 Å². The Kier molecular flexibility index (Phi) is 8.08. The van der Waals surface area contributed by atoms with E-state index >= 15 is 0 Å². The van der Waals surface area contributed by atoms with Crippen molar-refractivity contribution >= 4 is 51.3 Å². The highest BCUT2D eigenvalue weighted by atomic mass is 32.1. The van der Waals surface area contributed by atoms with Crippen LogP contribution in [0.2, 0.25) is 0 Å². The predicted molar refractivity (Wildman–Crippen MR) is 136 cm³/mol. The number of benzene rings is 1. The molecule has 2 fully saturated rings. The maximum Gasteiger partial charge on any atom is 0.248 e. The van der Waals surface area contributed by atoms with Crippen LogP contribution in [0.25, 0.3) is 0 Å². The number of rotatable bonds is 6. The Labute approximate surface area is 209 Å².